The lowest BCUT2D eigenvalue weighted by atomic mass is 9.91. The van der Waals surface area contributed by atoms with Gasteiger partial charge in [-0.25, -0.2) is 0 Å². The van der Waals surface area contributed by atoms with Gasteiger partial charge in [-0.15, -0.1) is 0 Å². The zero-order chi connectivity index (χ0) is 18.9. The van der Waals surface area contributed by atoms with E-state index in [0.717, 1.165) is 45.4 Å². The number of benzene rings is 1. The molecule has 4 rings (SSSR count). The van der Waals surface area contributed by atoms with Crippen LogP contribution in [0.2, 0.25) is 5.02 Å². The molecule has 1 saturated carbocycles. The highest BCUT2D eigenvalue weighted by Gasteiger charge is 2.58. The van der Waals surface area contributed by atoms with Crippen molar-refractivity contribution in [1.29, 1.82) is 0 Å². The Labute approximate surface area is 165 Å². The number of para-hydroxylation sites is 1. The first kappa shape index (κ1) is 18.7. The zero-order valence-electron chi connectivity index (χ0n) is 15.5. The molecule has 1 unspecified atom stereocenters. The predicted molar refractivity (Wildman–Crippen MR) is 106 cm³/mol. The zero-order valence-corrected chi connectivity index (χ0v) is 16.3. The molecule has 2 aliphatic heterocycles. The van der Waals surface area contributed by atoms with Crippen molar-refractivity contribution in [2.75, 3.05) is 51.1 Å². The predicted octanol–water partition coefficient (Wildman–Crippen LogP) is 1.81. The van der Waals surface area contributed by atoms with E-state index in [1.807, 2.05) is 17.0 Å². The van der Waals surface area contributed by atoms with E-state index in [4.69, 9.17) is 11.6 Å². The molecule has 2 N–H and O–H groups in total. The highest BCUT2D eigenvalue weighted by atomic mass is 35.5. The van der Waals surface area contributed by atoms with Crippen molar-refractivity contribution in [1.82, 2.24) is 15.1 Å². The lowest BCUT2D eigenvalue weighted by Gasteiger charge is -2.35. The minimum Gasteiger partial charge on any atom is -0.340 e. The minimum atomic E-state index is -0.0706. The number of piperidine rings is 1. The molecule has 6 nitrogen and oxygen atoms in total. The summed E-state index contributed by atoms with van der Waals surface area (Å²) in [5.41, 5.74) is 0.924. The van der Waals surface area contributed by atoms with Crippen molar-refractivity contribution in [2.45, 2.75) is 19.3 Å². The van der Waals surface area contributed by atoms with Crippen molar-refractivity contribution in [3.63, 3.8) is 0 Å². The molecule has 1 aliphatic carbocycles. The van der Waals surface area contributed by atoms with Gasteiger partial charge in [0.1, 0.15) is 0 Å². The maximum Gasteiger partial charge on any atom is 0.238 e. The molecule has 1 aromatic rings. The first-order chi connectivity index (χ1) is 13.1. The van der Waals surface area contributed by atoms with Crippen molar-refractivity contribution in [3.05, 3.63) is 29.3 Å². The third-order valence-corrected chi connectivity index (χ3v) is 6.62. The quantitative estimate of drug-likeness (QED) is 0.823. The fourth-order valence-electron chi connectivity index (χ4n) is 4.48. The van der Waals surface area contributed by atoms with Crippen LogP contribution in [0.25, 0.3) is 0 Å². The van der Waals surface area contributed by atoms with Gasteiger partial charge in [-0.1, -0.05) is 23.7 Å². The van der Waals surface area contributed by atoms with Crippen LogP contribution in [0.3, 0.4) is 0 Å². The van der Waals surface area contributed by atoms with Crippen LogP contribution in [0.4, 0.5) is 5.69 Å². The molecule has 0 aromatic heterocycles. The molecule has 146 valence electrons. The molecule has 7 heteroatoms. The largest absolute Gasteiger partial charge is 0.340 e. The number of nitrogens with zero attached hydrogens (tertiary/aromatic N) is 2. The summed E-state index contributed by atoms with van der Waals surface area (Å²) in [5.74, 6) is 0.491. The Morgan fingerprint density at radius 1 is 1.15 bits per heavy atom. The lowest BCUT2D eigenvalue weighted by Crippen LogP contribution is -2.51. The Kier molecular flexibility index (Phi) is 5.39. The van der Waals surface area contributed by atoms with Gasteiger partial charge in [0.15, 0.2) is 0 Å². The molecule has 27 heavy (non-hydrogen) atoms. The van der Waals surface area contributed by atoms with Gasteiger partial charge in [-0.05, 0) is 49.9 Å². The SMILES string of the molecule is O=C(CN1CCN(C(=O)C2CC23CCNCC3)CC1)Nc1ccccc1Cl. The average molecular weight is 391 g/mol. The van der Waals surface area contributed by atoms with Gasteiger partial charge in [0, 0.05) is 32.1 Å². The monoisotopic (exact) mass is 390 g/mol. The molecule has 2 saturated heterocycles. The third-order valence-electron chi connectivity index (χ3n) is 6.29. The van der Waals surface area contributed by atoms with E-state index in [-0.39, 0.29) is 17.2 Å². The number of nitrogens with one attached hydrogen (secondary N) is 2. The fourth-order valence-corrected chi connectivity index (χ4v) is 4.66. The molecule has 1 spiro atoms. The van der Waals surface area contributed by atoms with Crippen LogP contribution in [0, 0.1) is 11.3 Å². The van der Waals surface area contributed by atoms with E-state index in [1.54, 1.807) is 12.1 Å². The average Bonchev–Trinajstić information content (AvgIpc) is 3.37. The van der Waals surface area contributed by atoms with Crippen molar-refractivity contribution in [2.24, 2.45) is 11.3 Å². The second-order valence-corrected chi connectivity index (χ2v) is 8.41. The Balaban J connectivity index is 1.23. The van der Waals surface area contributed by atoms with Crippen molar-refractivity contribution >= 4 is 29.1 Å². The van der Waals surface area contributed by atoms with Crippen LogP contribution in [0.15, 0.2) is 24.3 Å². The topological polar surface area (TPSA) is 64.7 Å². The minimum absolute atomic E-state index is 0.0706. The van der Waals surface area contributed by atoms with Crippen LogP contribution in [0.5, 0.6) is 0 Å². The number of piperazine rings is 1. The number of rotatable bonds is 4. The van der Waals surface area contributed by atoms with E-state index >= 15 is 0 Å². The van der Waals surface area contributed by atoms with E-state index < -0.39 is 0 Å². The highest BCUT2D eigenvalue weighted by Crippen LogP contribution is 2.59. The second-order valence-electron chi connectivity index (χ2n) is 8.00. The molecule has 3 aliphatic rings. The fraction of sp³-hybridized carbons (Fsp3) is 0.600. The molecule has 0 radical (unpaired) electrons. The van der Waals surface area contributed by atoms with E-state index in [9.17, 15) is 9.59 Å². The van der Waals surface area contributed by atoms with Gasteiger partial charge in [0.25, 0.3) is 0 Å². The molecular formula is C20H27ClN4O2. The number of halogens is 1. The smallest absolute Gasteiger partial charge is 0.238 e. The number of amides is 2. The summed E-state index contributed by atoms with van der Waals surface area (Å²) in [6.07, 6.45) is 3.32. The van der Waals surface area contributed by atoms with Gasteiger partial charge in [-0.2, -0.15) is 0 Å². The van der Waals surface area contributed by atoms with Crippen molar-refractivity contribution in [3.8, 4) is 0 Å². The van der Waals surface area contributed by atoms with E-state index in [2.05, 4.69) is 15.5 Å². The molecular weight excluding hydrogens is 364 g/mol. The molecule has 0 bridgehead atoms. The van der Waals surface area contributed by atoms with Crippen LogP contribution in [-0.2, 0) is 9.59 Å². The summed E-state index contributed by atoms with van der Waals surface area (Å²) in [6.45, 7) is 5.31. The van der Waals surface area contributed by atoms with Gasteiger partial charge < -0.3 is 15.5 Å². The van der Waals surface area contributed by atoms with Crippen LogP contribution in [0.1, 0.15) is 19.3 Å². The standard InChI is InChI=1S/C20H27ClN4O2/c21-16-3-1-2-4-17(16)23-18(26)14-24-9-11-25(12-10-24)19(27)15-13-20(15)5-7-22-8-6-20/h1-4,15,22H,5-14H2,(H,23,26). The summed E-state index contributed by atoms with van der Waals surface area (Å²) in [4.78, 5) is 29.2. The first-order valence-corrected chi connectivity index (χ1v) is 10.2. The molecule has 2 heterocycles. The summed E-state index contributed by atoms with van der Waals surface area (Å²) in [5, 5.41) is 6.79. The van der Waals surface area contributed by atoms with Gasteiger partial charge in [0.2, 0.25) is 11.8 Å². The lowest BCUT2D eigenvalue weighted by molar-refractivity contribution is -0.135. The van der Waals surface area contributed by atoms with Gasteiger partial charge in [-0.3, -0.25) is 14.5 Å². The molecule has 1 aromatic carbocycles. The number of anilines is 1. The Morgan fingerprint density at radius 2 is 1.85 bits per heavy atom. The van der Waals surface area contributed by atoms with E-state index in [0.29, 0.717) is 36.3 Å². The van der Waals surface area contributed by atoms with Crippen LogP contribution < -0.4 is 10.6 Å². The maximum absolute atomic E-state index is 12.8. The second kappa shape index (κ2) is 7.78. The van der Waals surface area contributed by atoms with E-state index in [1.165, 1.54) is 0 Å². The third kappa shape index (κ3) is 4.13. The summed E-state index contributed by atoms with van der Waals surface area (Å²) in [6, 6.07) is 7.23. The Hall–Kier alpha value is -1.63. The van der Waals surface area contributed by atoms with Gasteiger partial charge in [0.05, 0.1) is 17.3 Å². The highest BCUT2D eigenvalue weighted by molar-refractivity contribution is 6.33. The van der Waals surface area contributed by atoms with Crippen LogP contribution in [-0.4, -0.2) is 67.4 Å². The molecule has 2 amide bonds. The summed E-state index contributed by atoms with van der Waals surface area (Å²) < 4.78 is 0. The Bertz CT molecular complexity index is 712. The number of hydrogen-bond acceptors (Lipinski definition) is 4. The van der Waals surface area contributed by atoms with Gasteiger partial charge >= 0.3 is 0 Å². The Morgan fingerprint density at radius 3 is 2.56 bits per heavy atom. The normalized spacial score (nSPS) is 24.6. The maximum atomic E-state index is 12.8. The first-order valence-electron chi connectivity index (χ1n) is 9.84. The molecule has 3 fully saturated rings. The summed E-state index contributed by atoms with van der Waals surface area (Å²) in [7, 11) is 0. The summed E-state index contributed by atoms with van der Waals surface area (Å²) >= 11 is 6.09. The van der Waals surface area contributed by atoms with Crippen molar-refractivity contribution < 1.29 is 9.59 Å². The van der Waals surface area contributed by atoms with Crippen LogP contribution >= 0.6 is 11.6 Å². The molecule has 1 atom stereocenters. The number of hydrogen-bond donors (Lipinski definition) is 2. The number of carbonyl (C=O) groups excluding carboxylic acids is 2. The number of carbonyl (C=O) groups is 2.